The van der Waals surface area contributed by atoms with Gasteiger partial charge in [-0.3, -0.25) is 9.78 Å². The number of carbonyl (C=O) groups is 1. The van der Waals surface area contributed by atoms with E-state index >= 15 is 0 Å². The number of aromatic nitrogens is 1. The largest absolute Gasteiger partial charge is 0.490 e. The van der Waals surface area contributed by atoms with Crippen LogP contribution in [0.5, 0.6) is 5.75 Å². The van der Waals surface area contributed by atoms with E-state index in [1.807, 2.05) is 41.3 Å². The maximum atomic E-state index is 12.7. The lowest BCUT2D eigenvalue weighted by molar-refractivity contribution is -0.0261. The number of nitrogens with two attached hydrogens (primary N) is 1. The minimum Gasteiger partial charge on any atom is -0.490 e. The highest BCUT2D eigenvalue weighted by atomic mass is 16.5. The van der Waals surface area contributed by atoms with Crippen LogP contribution in [0.2, 0.25) is 0 Å². The number of hydrogen-bond acceptors (Lipinski definition) is 4. The summed E-state index contributed by atoms with van der Waals surface area (Å²) in [6.45, 7) is 0.762. The topological polar surface area (TPSA) is 68.5 Å². The maximum absolute atomic E-state index is 12.7. The van der Waals surface area contributed by atoms with Gasteiger partial charge in [0.1, 0.15) is 11.9 Å². The van der Waals surface area contributed by atoms with Gasteiger partial charge >= 0.3 is 0 Å². The van der Waals surface area contributed by atoms with E-state index < -0.39 is 0 Å². The third-order valence-corrected chi connectivity index (χ3v) is 5.11. The zero-order valence-corrected chi connectivity index (χ0v) is 13.5. The van der Waals surface area contributed by atoms with Crippen molar-refractivity contribution in [3.63, 3.8) is 0 Å². The SMILES string of the molecule is Nc1ccc(OC2CC3CCC2CN3C(=O)c2cccnc2)cc1. The number of nitrogens with zero attached hydrogens (tertiary/aromatic N) is 2. The summed E-state index contributed by atoms with van der Waals surface area (Å²) in [5.74, 6) is 1.32. The molecular weight excluding hydrogens is 302 g/mol. The highest BCUT2D eigenvalue weighted by Gasteiger charge is 2.43. The van der Waals surface area contributed by atoms with Crippen LogP contribution in [0.3, 0.4) is 0 Å². The molecule has 3 atom stereocenters. The second-order valence-corrected chi connectivity index (χ2v) is 6.65. The summed E-state index contributed by atoms with van der Waals surface area (Å²) in [6.07, 6.45) is 6.56. The second kappa shape index (κ2) is 6.15. The molecule has 124 valence electrons. The van der Waals surface area contributed by atoms with Crippen molar-refractivity contribution < 1.29 is 9.53 Å². The number of nitrogen functional groups attached to an aromatic ring is 1. The molecule has 1 aromatic heterocycles. The molecule has 2 N–H and O–H groups in total. The predicted octanol–water partition coefficient (Wildman–Crippen LogP) is 2.74. The van der Waals surface area contributed by atoms with Gasteiger partial charge in [-0.05, 0) is 49.2 Å². The Hall–Kier alpha value is -2.56. The lowest BCUT2D eigenvalue weighted by Crippen LogP contribution is -2.57. The zero-order chi connectivity index (χ0) is 16.5. The number of anilines is 1. The van der Waals surface area contributed by atoms with Crippen molar-refractivity contribution in [3.8, 4) is 5.75 Å². The number of carbonyl (C=O) groups excluding carboxylic acids is 1. The quantitative estimate of drug-likeness (QED) is 0.882. The van der Waals surface area contributed by atoms with Crippen molar-refractivity contribution in [1.82, 2.24) is 9.88 Å². The Morgan fingerprint density at radius 2 is 2.04 bits per heavy atom. The maximum Gasteiger partial charge on any atom is 0.255 e. The number of amides is 1. The van der Waals surface area contributed by atoms with E-state index in [2.05, 4.69) is 4.98 Å². The van der Waals surface area contributed by atoms with E-state index in [0.29, 0.717) is 11.5 Å². The molecule has 2 aromatic rings. The number of fused-ring (bicyclic) bond motifs is 3. The molecular formula is C19H21N3O2. The van der Waals surface area contributed by atoms with Crippen LogP contribution >= 0.6 is 0 Å². The summed E-state index contributed by atoms with van der Waals surface area (Å²) in [5, 5.41) is 0. The molecule has 5 nitrogen and oxygen atoms in total. The zero-order valence-electron chi connectivity index (χ0n) is 13.5. The van der Waals surface area contributed by atoms with Crippen LogP contribution in [-0.4, -0.2) is 34.5 Å². The van der Waals surface area contributed by atoms with Crippen LogP contribution < -0.4 is 10.5 Å². The molecule has 24 heavy (non-hydrogen) atoms. The fourth-order valence-corrected chi connectivity index (χ4v) is 3.83. The molecule has 1 aromatic carbocycles. The van der Waals surface area contributed by atoms with Gasteiger partial charge in [0.15, 0.2) is 0 Å². The summed E-state index contributed by atoms with van der Waals surface area (Å²) < 4.78 is 6.17. The number of benzene rings is 1. The third-order valence-electron chi connectivity index (χ3n) is 5.11. The van der Waals surface area contributed by atoms with Crippen LogP contribution in [-0.2, 0) is 0 Å². The number of pyridine rings is 1. The molecule has 2 bridgehead atoms. The van der Waals surface area contributed by atoms with Crippen molar-refractivity contribution >= 4 is 11.6 Å². The fourth-order valence-electron chi connectivity index (χ4n) is 3.83. The van der Waals surface area contributed by atoms with E-state index in [9.17, 15) is 4.79 Å². The van der Waals surface area contributed by atoms with Crippen molar-refractivity contribution in [3.05, 3.63) is 54.4 Å². The summed E-state index contributed by atoms with van der Waals surface area (Å²) in [6, 6.07) is 11.4. The molecule has 5 rings (SSSR count). The van der Waals surface area contributed by atoms with E-state index in [1.165, 1.54) is 0 Å². The van der Waals surface area contributed by atoms with Gasteiger partial charge in [-0.25, -0.2) is 0 Å². The number of hydrogen-bond donors (Lipinski definition) is 1. The van der Waals surface area contributed by atoms with Gasteiger partial charge in [0.2, 0.25) is 0 Å². The van der Waals surface area contributed by atoms with Gasteiger partial charge in [-0.2, -0.15) is 0 Å². The van der Waals surface area contributed by atoms with Gasteiger partial charge < -0.3 is 15.4 Å². The van der Waals surface area contributed by atoms with Crippen molar-refractivity contribution in [2.24, 2.45) is 5.92 Å². The van der Waals surface area contributed by atoms with Gasteiger partial charge in [-0.1, -0.05) is 0 Å². The van der Waals surface area contributed by atoms with E-state index in [4.69, 9.17) is 10.5 Å². The number of rotatable bonds is 3. The summed E-state index contributed by atoms with van der Waals surface area (Å²) in [5.41, 5.74) is 7.13. The first-order chi connectivity index (χ1) is 11.7. The first kappa shape index (κ1) is 15.0. The first-order valence-electron chi connectivity index (χ1n) is 8.44. The lowest BCUT2D eigenvalue weighted by Gasteiger charge is -2.49. The second-order valence-electron chi connectivity index (χ2n) is 6.65. The molecule has 5 heteroatoms. The van der Waals surface area contributed by atoms with Crippen molar-refractivity contribution in [1.29, 1.82) is 0 Å². The Kier molecular flexibility index (Phi) is 3.84. The average molecular weight is 323 g/mol. The number of ether oxygens (including phenoxy) is 1. The minimum atomic E-state index is 0.0868. The summed E-state index contributed by atoms with van der Waals surface area (Å²) in [7, 11) is 0. The Morgan fingerprint density at radius 3 is 2.71 bits per heavy atom. The van der Waals surface area contributed by atoms with Gasteiger partial charge in [0.25, 0.3) is 5.91 Å². The Balaban J connectivity index is 1.45. The van der Waals surface area contributed by atoms with Crippen LogP contribution in [0, 0.1) is 5.92 Å². The standard InChI is InChI=1S/C19H21N3O2/c20-15-4-7-17(8-5-15)24-18-10-16-6-3-14(18)12-22(16)19(23)13-2-1-9-21-11-13/h1-2,4-5,7-9,11,14,16,18H,3,6,10,12,20H2. The van der Waals surface area contributed by atoms with E-state index in [0.717, 1.165) is 37.2 Å². The van der Waals surface area contributed by atoms with Gasteiger partial charge in [0, 0.05) is 43.0 Å². The van der Waals surface area contributed by atoms with Crippen molar-refractivity contribution in [2.45, 2.75) is 31.4 Å². The minimum absolute atomic E-state index is 0.0868. The monoisotopic (exact) mass is 323 g/mol. The van der Waals surface area contributed by atoms with Crippen molar-refractivity contribution in [2.75, 3.05) is 12.3 Å². The highest BCUT2D eigenvalue weighted by molar-refractivity contribution is 5.94. The van der Waals surface area contributed by atoms with Crippen LogP contribution in [0.4, 0.5) is 5.69 Å². The summed E-state index contributed by atoms with van der Waals surface area (Å²) >= 11 is 0. The third kappa shape index (κ3) is 2.82. The first-order valence-corrected chi connectivity index (χ1v) is 8.44. The highest BCUT2D eigenvalue weighted by Crippen LogP contribution is 2.38. The molecule has 0 radical (unpaired) electrons. The molecule has 1 aliphatic carbocycles. The van der Waals surface area contributed by atoms with Crippen LogP contribution in [0.15, 0.2) is 48.8 Å². The van der Waals surface area contributed by atoms with Crippen LogP contribution in [0.1, 0.15) is 29.6 Å². The predicted molar refractivity (Wildman–Crippen MR) is 91.7 cm³/mol. The lowest BCUT2D eigenvalue weighted by atomic mass is 9.77. The van der Waals surface area contributed by atoms with E-state index in [-0.39, 0.29) is 18.1 Å². The van der Waals surface area contributed by atoms with Crippen LogP contribution in [0.25, 0.3) is 0 Å². The normalized spacial score (nSPS) is 25.5. The molecule has 3 unspecified atom stereocenters. The van der Waals surface area contributed by atoms with Gasteiger partial charge in [-0.15, -0.1) is 0 Å². The molecule has 3 heterocycles. The molecule has 0 spiro atoms. The molecule has 1 saturated carbocycles. The average Bonchev–Trinajstić information content (AvgIpc) is 2.64. The molecule has 3 aliphatic rings. The summed E-state index contributed by atoms with van der Waals surface area (Å²) in [4.78, 5) is 18.8. The van der Waals surface area contributed by atoms with Gasteiger partial charge in [0.05, 0.1) is 5.56 Å². The Morgan fingerprint density at radius 1 is 1.21 bits per heavy atom. The molecule has 2 aliphatic heterocycles. The van der Waals surface area contributed by atoms with E-state index in [1.54, 1.807) is 12.4 Å². The molecule has 1 amide bonds. The fraction of sp³-hybridized carbons (Fsp3) is 0.368. The Labute approximate surface area is 141 Å². The smallest absolute Gasteiger partial charge is 0.255 e. The molecule has 3 fully saturated rings. The Bertz CT molecular complexity index is 717. The molecule has 2 saturated heterocycles. The number of piperidine rings is 2.